The summed E-state index contributed by atoms with van der Waals surface area (Å²) in [6.07, 6.45) is 2.14. The van der Waals surface area contributed by atoms with Gasteiger partial charge in [0.25, 0.3) is 5.91 Å². The lowest BCUT2D eigenvalue weighted by atomic mass is 9.98. The molecule has 1 aromatic heterocycles. The first-order valence-electron chi connectivity index (χ1n) is 9.07. The number of fused-ring (bicyclic) bond motifs is 1. The molecule has 0 fully saturated rings. The molecule has 5 nitrogen and oxygen atoms in total. The molecule has 0 saturated carbocycles. The average molecular weight is 360 g/mol. The number of hydrogen-bond donors (Lipinski definition) is 2. The van der Waals surface area contributed by atoms with Crippen LogP contribution < -0.4 is 11.5 Å². The van der Waals surface area contributed by atoms with Crippen molar-refractivity contribution in [3.05, 3.63) is 65.7 Å². The van der Waals surface area contributed by atoms with Gasteiger partial charge in [0.15, 0.2) is 5.96 Å². The summed E-state index contributed by atoms with van der Waals surface area (Å²) in [7, 11) is 0. The summed E-state index contributed by atoms with van der Waals surface area (Å²) in [6, 6.07) is 17.5. The first-order chi connectivity index (χ1) is 12.9. The van der Waals surface area contributed by atoms with Gasteiger partial charge in [0.1, 0.15) is 0 Å². The van der Waals surface area contributed by atoms with Crippen LogP contribution in [0.15, 0.2) is 59.6 Å². The number of carbonyl (C=O) groups is 1. The quantitative estimate of drug-likeness (QED) is 0.533. The number of aryl methyl sites for hydroxylation is 1. The van der Waals surface area contributed by atoms with Gasteiger partial charge >= 0.3 is 0 Å². The molecule has 5 heteroatoms. The maximum atomic E-state index is 12.5. The largest absolute Gasteiger partial charge is 0.370 e. The molecule has 1 heterocycles. The predicted octanol–water partition coefficient (Wildman–Crippen LogP) is 3.90. The van der Waals surface area contributed by atoms with Crippen molar-refractivity contribution in [1.82, 2.24) is 4.98 Å². The zero-order valence-electron chi connectivity index (χ0n) is 15.6. The van der Waals surface area contributed by atoms with Gasteiger partial charge in [-0.15, -0.1) is 0 Å². The maximum Gasteiger partial charge on any atom is 0.280 e. The highest BCUT2D eigenvalue weighted by molar-refractivity contribution is 6.10. The van der Waals surface area contributed by atoms with Crippen LogP contribution in [0.4, 0.5) is 0 Å². The first-order valence-corrected chi connectivity index (χ1v) is 9.07. The number of aliphatic imine (C=N–C) groups is 1. The van der Waals surface area contributed by atoms with E-state index in [1.54, 1.807) is 6.07 Å². The zero-order valence-corrected chi connectivity index (χ0v) is 15.6. The van der Waals surface area contributed by atoms with Crippen LogP contribution in [0.5, 0.6) is 0 Å². The van der Waals surface area contributed by atoms with E-state index in [-0.39, 0.29) is 5.96 Å². The molecule has 2 aromatic carbocycles. The van der Waals surface area contributed by atoms with Gasteiger partial charge in [-0.1, -0.05) is 50.2 Å². The molecule has 0 spiro atoms. The lowest BCUT2D eigenvalue weighted by Gasteiger charge is -2.10. The predicted molar refractivity (Wildman–Crippen MR) is 110 cm³/mol. The van der Waals surface area contributed by atoms with Gasteiger partial charge < -0.3 is 11.5 Å². The Morgan fingerprint density at radius 1 is 1.07 bits per heavy atom. The van der Waals surface area contributed by atoms with Crippen molar-refractivity contribution >= 4 is 22.8 Å². The second kappa shape index (κ2) is 7.99. The van der Waals surface area contributed by atoms with Crippen LogP contribution in [-0.2, 0) is 6.42 Å². The normalized spacial score (nSPS) is 10.9. The number of nitrogens with two attached hydrogens (primary N) is 2. The maximum absolute atomic E-state index is 12.5. The number of pyridine rings is 1. The van der Waals surface area contributed by atoms with Crippen molar-refractivity contribution in [3.8, 4) is 11.3 Å². The molecule has 0 saturated heterocycles. The fourth-order valence-electron chi connectivity index (χ4n) is 3.02. The second-order valence-electron chi connectivity index (χ2n) is 7.05. The minimum atomic E-state index is -0.467. The van der Waals surface area contributed by atoms with E-state index in [2.05, 4.69) is 31.0 Å². The molecule has 1 amide bonds. The van der Waals surface area contributed by atoms with E-state index in [0.29, 0.717) is 11.5 Å². The molecule has 0 radical (unpaired) electrons. The summed E-state index contributed by atoms with van der Waals surface area (Å²) >= 11 is 0. The van der Waals surface area contributed by atoms with Crippen LogP contribution in [0.3, 0.4) is 0 Å². The monoisotopic (exact) mass is 360 g/mol. The standard InChI is InChI=1S/C22H24N4O/c1-14(2)10-11-15-6-5-7-16(12-15)20-13-18(21(27)26-22(23)24)17-8-3-4-9-19(17)25-20/h3-9,12-14H,10-11H2,1-2H3,(H4,23,24,26,27). The Morgan fingerprint density at radius 3 is 2.59 bits per heavy atom. The van der Waals surface area contributed by atoms with E-state index in [0.717, 1.165) is 35.0 Å². The van der Waals surface area contributed by atoms with Gasteiger partial charge in [-0.05, 0) is 42.5 Å². The van der Waals surface area contributed by atoms with Crippen molar-refractivity contribution in [2.24, 2.45) is 22.4 Å². The summed E-state index contributed by atoms with van der Waals surface area (Å²) in [5.74, 6) is -0.0693. The van der Waals surface area contributed by atoms with E-state index < -0.39 is 5.91 Å². The summed E-state index contributed by atoms with van der Waals surface area (Å²) in [5.41, 5.74) is 14.9. The molecule has 27 heavy (non-hydrogen) atoms. The van der Waals surface area contributed by atoms with Gasteiger partial charge in [-0.25, -0.2) is 4.98 Å². The topological polar surface area (TPSA) is 94.4 Å². The van der Waals surface area contributed by atoms with Crippen LogP contribution in [-0.4, -0.2) is 16.9 Å². The molecular formula is C22H24N4O. The lowest BCUT2D eigenvalue weighted by molar-refractivity contribution is 0.100. The fourth-order valence-corrected chi connectivity index (χ4v) is 3.02. The highest BCUT2D eigenvalue weighted by Crippen LogP contribution is 2.26. The van der Waals surface area contributed by atoms with Crippen LogP contribution in [0.25, 0.3) is 22.2 Å². The summed E-state index contributed by atoms with van der Waals surface area (Å²) in [5, 5.41) is 0.729. The van der Waals surface area contributed by atoms with E-state index in [9.17, 15) is 4.79 Å². The molecule has 0 atom stereocenters. The Kier molecular flexibility index (Phi) is 5.50. The molecule has 0 aliphatic heterocycles. The van der Waals surface area contributed by atoms with Gasteiger partial charge in [0, 0.05) is 10.9 Å². The van der Waals surface area contributed by atoms with E-state index in [1.807, 2.05) is 36.4 Å². The second-order valence-corrected chi connectivity index (χ2v) is 7.05. The average Bonchev–Trinajstić information content (AvgIpc) is 2.65. The highest BCUT2D eigenvalue weighted by atomic mass is 16.1. The number of benzene rings is 2. The summed E-state index contributed by atoms with van der Waals surface area (Å²) < 4.78 is 0. The van der Waals surface area contributed by atoms with Crippen molar-refractivity contribution < 1.29 is 4.79 Å². The highest BCUT2D eigenvalue weighted by Gasteiger charge is 2.14. The van der Waals surface area contributed by atoms with Gasteiger partial charge in [0.05, 0.1) is 16.8 Å². The first kappa shape index (κ1) is 18.6. The molecular weight excluding hydrogens is 336 g/mol. The number of rotatable bonds is 5. The Balaban J connectivity index is 2.09. The van der Waals surface area contributed by atoms with Crippen molar-refractivity contribution in [1.29, 1.82) is 0 Å². The fraction of sp³-hybridized carbons (Fsp3) is 0.227. The molecule has 0 unspecified atom stereocenters. The molecule has 0 aliphatic rings. The van der Waals surface area contributed by atoms with Crippen LogP contribution in [0.1, 0.15) is 36.2 Å². The number of para-hydroxylation sites is 1. The van der Waals surface area contributed by atoms with E-state index in [1.165, 1.54) is 5.56 Å². The Labute approximate surface area is 159 Å². The van der Waals surface area contributed by atoms with E-state index in [4.69, 9.17) is 16.5 Å². The number of guanidine groups is 1. The Hall–Kier alpha value is -3.21. The Bertz CT molecular complexity index is 1000. The molecule has 3 aromatic rings. The number of amides is 1. The van der Waals surface area contributed by atoms with Crippen LogP contribution in [0, 0.1) is 5.92 Å². The van der Waals surface area contributed by atoms with Crippen molar-refractivity contribution in [2.45, 2.75) is 26.7 Å². The van der Waals surface area contributed by atoms with Crippen molar-refractivity contribution in [2.75, 3.05) is 0 Å². The summed E-state index contributed by atoms with van der Waals surface area (Å²) in [4.78, 5) is 21.0. The minimum absolute atomic E-state index is 0.252. The van der Waals surface area contributed by atoms with Crippen LogP contribution >= 0.6 is 0 Å². The van der Waals surface area contributed by atoms with Crippen molar-refractivity contribution in [3.63, 3.8) is 0 Å². The molecule has 138 valence electrons. The zero-order chi connectivity index (χ0) is 19.4. The number of carbonyl (C=O) groups excluding carboxylic acids is 1. The molecule has 0 bridgehead atoms. The molecule has 3 rings (SSSR count). The van der Waals surface area contributed by atoms with Gasteiger partial charge in [-0.2, -0.15) is 4.99 Å². The third kappa shape index (κ3) is 4.50. The number of hydrogen-bond acceptors (Lipinski definition) is 2. The SMILES string of the molecule is CC(C)CCc1cccc(-c2cc(C(=O)N=C(N)N)c3ccccc3n2)c1. The smallest absolute Gasteiger partial charge is 0.280 e. The minimum Gasteiger partial charge on any atom is -0.370 e. The Morgan fingerprint density at radius 2 is 1.85 bits per heavy atom. The number of aromatic nitrogens is 1. The number of nitrogens with zero attached hydrogens (tertiary/aromatic N) is 2. The summed E-state index contributed by atoms with van der Waals surface area (Å²) in [6.45, 7) is 4.44. The van der Waals surface area contributed by atoms with E-state index >= 15 is 0 Å². The third-order valence-electron chi connectivity index (χ3n) is 4.41. The van der Waals surface area contributed by atoms with Gasteiger partial charge in [0.2, 0.25) is 0 Å². The molecule has 0 aliphatic carbocycles. The van der Waals surface area contributed by atoms with Gasteiger partial charge in [-0.3, -0.25) is 4.79 Å². The molecule has 4 N–H and O–H groups in total. The third-order valence-corrected chi connectivity index (χ3v) is 4.41. The lowest BCUT2D eigenvalue weighted by Crippen LogP contribution is -2.24. The van der Waals surface area contributed by atoms with Crippen LogP contribution in [0.2, 0.25) is 0 Å².